The number of benzene rings is 9. The first-order chi connectivity index (χ1) is 28.3. The second-order valence-corrected chi connectivity index (χ2v) is 14.8. The van der Waals surface area contributed by atoms with Crippen molar-refractivity contribution < 1.29 is 0 Å². The van der Waals surface area contributed by atoms with E-state index in [4.69, 9.17) is 9.97 Å². The molecule has 11 rings (SSSR count). The zero-order valence-electron chi connectivity index (χ0n) is 31.2. The monoisotopic (exact) mass is 724 g/mol. The summed E-state index contributed by atoms with van der Waals surface area (Å²) in [7, 11) is 0. The third-order valence-corrected chi connectivity index (χ3v) is 11.5. The number of aromatic nitrogens is 2. The second kappa shape index (κ2) is 13.7. The van der Waals surface area contributed by atoms with Gasteiger partial charge in [0.1, 0.15) is 0 Å². The lowest BCUT2D eigenvalue weighted by atomic mass is 9.86. The van der Waals surface area contributed by atoms with Gasteiger partial charge in [-0.1, -0.05) is 194 Å². The standard InChI is InChI=1S/C55H36N2/c1-3-16-36(17-4-1)40-22-11-12-25-44-43(40)28-15-29-47(44)52-35-53(57-55(56-52)38-19-5-2-6-20-38)48-32-33-49(46-27-14-13-26-45(46)48)54-42-24-10-8-21-39(42)34-51-41-23-9-7-18-37(41)30-31-50(51)54/h1-10,12-35H,11H2. The minimum Gasteiger partial charge on any atom is -0.228 e. The molecule has 9 aromatic carbocycles. The van der Waals surface area contributed by atoms with E-state index in [0.717, 1.165) is 39.9 Å². The molecule has 0 unspecified atom stereocenters. The molecule has 2 heteroatoms. The Labute approximate surface area is 331 Å². The smallest absolute Gasteiger partial charge is 0.160 e. The van der Waals surface area contributed by atoms with Gasteiger partial charge in [-0.25, -0.2) is 9.97 Å². The van der Waals surface area contributed by atoms with Gasteiger partial charge in [0.25, 0.3) is 0 Å². The second-order valence-electron chi connectivity index (χ2n) is 14.8. The van der Waals surface area contributed by atoms with E-state index < -0.39 is 0 Å². The first-order valence-electron chi connectivity index (χ1n) is 19.6. The van der Waals surface area contributed by atoms with Crippen molar-refractivity contribution in [3.8, 4) is 45.0 Å². The highest BCUT2D eigenvalue weighted by Crippen LogP contribution is 2.44. The van der Waals surface area contributed by atoms with Gasteiger partial charge in [0.05, 0.1) is 11.4 Å². The van der Waals surface area contributed by atoms with Crippen LogP contribution in [0.25, 0.3) is 99.8 Å². The summed E-state index contributed by atoms with van der Waals surface area (Å²) in [4.78, 5) is 10.6. The zero-order valence-corrected chi connectivity index (χ0v) is 31.2. The SMILES string of the molecule is C1=Cc2c(cccc2-c2cc(-c3ccc(-c4c5ccccc5cc5c4ccc4ccccc45)c4ccccc34)nc(-c3ccccc3)n2)C(c2ccccc2)=CC1. The van der Waals surface area contributed by atoms with Crippen molar-refractivity contribution >= 4 is 54.7 Å². The van der Waals surface area contributed by atoms with Crippen LogP contribution in [-0.4, -0.2) is 9.97 Å². The fourth-order valence-corrected chi connectivity index (χ4v) is 8.87. The molecule has 0 saturated heterocycles. The maximum atomic E-state index is 5.34. The van der Waals surface area contributed by atoms with Gasteiger partial charge < -0.3 is 0 Å². The lowest BCUT2D eigenvalue weighted by Crippen LogP contribution is -1.99. The molecule has 0 saturated carbocycles. The van der Waals surface area contributed by atoms with E-state index in [1.54, 1.807) is 0 Å². The van der Waals surface area contributed by atoms with Crippen LogP contribution in [0.4, 0.5) is 0 Å². The van der Waals surface area contributed by atoms with Gasteiger partial charge in [-0.15, -0.1) is 0 Å². The van der Waals surface area contributed by atoms with Crippen molar-refractivity contribution in [1.29, 1.82) is 0 Å². The van der Waals surface area contributed by atoms with Crippen molar-refractivity contribution in [2.45, 2.75) is 6.42 Å². The molecule has 0 fully saturated rings. The molecule has 57 heavy (non-hydrogen) atoms. The molecule has 0 amide bonds. The summed E-state index contributed by atoms with van der Waals surface area (Å²) in [6.07, 6.45) is 7.72. The number of hydrogen-bond donors (Lipinski definition) is 0. The molecule has 2 nitrogen and oxygen atoms in total. The Morgan fingerprint density at radius 3 is 1.77 bits per heavy atom. The average Bonchev–Trinajstić information content (AvgIpc) is 3.51. The third-order valence-electron chi connectivity index (χ3n) is 11.5. The van der Waals surface area contributed by atoms with Gasteiger partial charge in [-0.3, -0.25) is 0 Å². The van der Waals surface area contributed by atoms with Crippen molar-refractivity contribution in [3.63, 3.8) is 0 Å². The van der Waals surface area contributed by atoms with E-state index in [1.165, 1.54) is 71.1 Å². The van der Waals surface area contributed by atoms with Crippen molar-refractivity contribution in [3.05, 3.63) is 217 Å². The topological polar surface area (TPSA) is 25.8 Å². The molecule has 1 aromatic heterocycles. The van der Waals surface area contributed by atoms with Gasteiger partial charge in [0.15, 0.2) is 5.82 Å². The van der Waals surface area contributed by atoms with E-state index in [0.29, 0.717) is 5.82 Å². The zero-order chi connectivity index (χ0) is 37.7. The maximum Gasteiger partial charge on any atom is 0.160 e. The van der Waals surface area contributed by atoms with E-state index in [-0.39, 0.29) is 0 Å². The van der Waals surface area contributed by atoms with Gasteiger partial charge >= 0.3 is 0 Å². The highest BCUT2D eigenvalue weighted by atomic mass is 14.9. The van der Waals surface area contributed by atoms with Gasteiger partial charge in [-0.05, 0) is 95.0 Å². The van der Waals surface area contributed by atoms with Gasteiger partial charge in [-0.2, -0.15) is 0 Å². The minimum atomic E-state index is 0.706. The van der Waals surface area contributed by atoms with Crippen LogP contribution in [0.15, 0.2) is 200 Å². The van der Waals surface area contributed by atoms with E-state index in [1.807, 2.05) is 6.07 Å². The van der Waals surface area contributed by atoms with Gasteiger partial charge in [0.2, 0.25) is 0 Å². The third kappa shape index (κ3) is 5.65. The van der Waals surface area contributed by atoms with E-state index >= 15 is 0 Å². The predicted octanol–water partition coefficient (Wildman–Crippen LogP) is 14.6. The Morgan fingerprint density at radius 1 is 0.368 bits per heavy atom. The van der Waals surface area contributed by atoms with Crippen molar-refractivity contribution in [2.75, 3.05) is 0 Å². The molecule has 0 radical (unpaired) electrons. The van der Waals surface area contributed by atoms with Crippen LogP contribution in [0.2, 0.25) is 0 Å². The summed E-state index contributed by atoms with van der Waals surface area (Å²) in [6.45, 7) is 0. The number of rotatable bonds is 5. The molecule has 0 N–H and O–H groups in total. The molecule has 0 bridgehead atoms. The van der Waals surface area contributed by atoms with Gasteiger partial charge in [0, 0.05) is 16.7 Å². The fourth-order valence-electron chi connectivity index (χ4n) is 8.87. The Balaban J connectivity index is 1.15. The van der Waals surface area contributed by atoms with Crippen LogP contribution in [0.1, 0.15) is 23.1 Å². The highest BCUT2D eigenvalue weighted by molar-refractivity contribution is 6.23. The lowest BCUT2D eigenvalue weighted by molar-refractivity contribution is 1.18. The summed E-state index contributed by atoms with van der Waals surface area (Å²) in [5.41, 5.74) is 12.2. The maximum absolute atomic E-state index is 5.34. The van der Waals surface area contributed by atoms with E-state index in [9.17, 15) is 0 Å². The Bertz CT molecular complexity index is 3250. The first kappa shape index (κ1) is 33.0. The molecular weight excluding hydrogens is 689 g/mol. The predicted molar refractivity (Wildman–Crippen MR) is 241 cm³/mol. The molecule has 1 aliphatic rings. The van der Waals surface area contributed by atoms with E-state index in [2.05, 4.69) is 200 Å². The molecule has 1 aliphatic carbocycles. The summed E-state index contributed by atoms with van der Waals surface area (Å²) in [5, 5.41) is 9.86. The number of nitrogens with zero attached hydrogens (tertiary/aromatic N) is 2. The van der Waals surface area contributed by atoms with Crippen molar-refractivity contribution in [2.24, 2.45) is 0 Å². The fraction of sp³-hybridized carbons (Fsp3) is 0.0182. The Hall–Kier alpha value is -7.42. The molecular formula is C55H36N2. The highest BCUT2D eigenvalue weighted by Gasteiger charge is 2.20. The molecule has 266 valence electrons. The number of allylic oxidation sites excluding steroid dienone is 2. The lowest BCUT2D eigenvalue weighted by Gasteiger charge is -2.18. The molecule has 0 spiro atoms. The number of fused-ring (bicyclic) bond motifs is 6. The molecule has 0 aliphatic heterocycles. The van der Waals surface area contributed by atoms with Crippen LogP contribution in [0.5, 0.6) is 0 Å². The Morgan fingerprint density at radius 2 is 0.982 bits per heavy atom. The minimum absolute atomic E-state index is 0.706. The molecule has 10 aromatic rings. The normalized spacial score (nSPS) is 12.5. The van der Waals surface area contributed by atoms with Crippen LogP contribution in [-0.2, 0) is 0 Å². The summed E-state index contributed by atoms with van der Waals surface area (Å²) in [6, 6.07) is 67.7. The summed E-state index contributed by atoms with van der Waals surface area (Å²) < 4.78 is 0. The largest absolute Gasteiger partial charge is 0.228 e. The van der Waals surface area contributed by atoms with Crippen LogP contribution >= 0.6 is 0 Å². The van der Waals surface area contributed by atoms with Crippen LogP contribution in [0, 0.1) is 0 Å². The van der Waals surface area contributed by atoms with Crippen LogP contribution < -0.4 is 0 Å². The summed E-state index contributed by atoms with van der Waals surface area (Å²) in [5.74, 6) is 0.706. The average molecular weight is 725 g/mol. The molecule has 1 heterocycles. The quantitative estimate of drug-likeness (QED) is 0.130. The van der Waals surface area contributed by atoms with Crippen molar-refractivity contribution in [1.82, 2.24) is 9.97 Å². The summed E-state index contributed by atoms with van der Waals surface area (Å²) >= 11 is 0. The Kier molecular flexibility index (Phi) is 7.93. The number of hydrogen-bond acceptors (Lipinski definition) is 2. The first-order valence-corrected chi connectivity index (χ1v) is 19.6. The molecule has 0 atom stereocenters. The van der Waals surface area contributed by atoms with Crippen LogP contribution in [0.3, 0.4) is 0 Å².